The molecule has 0 N–H and O–H groups in total. The lowest BCUT2D eigenvalue weighted by atomic mass is 10.1. The highest BCUT2D eigenvalue weighted by Crippen LogP contribution is 2.21. The Labute approximate surface area is 102 Å². The summed E-state index contributed by atoms with van der Waals surface area (Å²) in [4.78, 5) is 11.5. The molecule has 1 aromatic rings. The van der Waals surface area contributed by atoms with Gasteiger partial charge in [-0.05, 0) is 25.5 Å². The van der Waals surface area contributed by atoms with Gasteiger partial charge in [0, 0.05) is 12.0 Å². The molecular weight excluding hydrogens is 216 g/mol. The summed E-state index contributed by atoms with van der Waals surface area (Å²) in [6.07, 6.45) is 0.453. The molecule has 0 saturated carbocycles. The van der Waals surface area contributed by atoms with Gasteiger partial charge < -0.3 is 9.47 Å². The van der Waals surface area contributed by atoms with Gasteiger partial charge in [0.2, 0.25) is 0 Å². The zero-order valence-corrected chi connectivity index (χ0v) is 10.4. The van der Waals surface area contributed by atoms with Crippen molar-refractivity contribution in [1.82, 2.24) is 0 Å². The molecule has 3 heteroatoms. The van der Waals surface area contributed by atoms with Crippen LogP contribution in [0.4, 0.5) is 0 Å². The molecule has 0 aromatic heterocycles. The zero-order chi connectivity index (χ0) is 12.7. The standard InChI is InChI=1S/C14H18O3/c1-4-16-13-9-7-6-8-12(13)10-11(3)14(15)17-5-2/h6-9H,3-5,10H2,1-2H3. The van der Waals surface area contributed by atoms with E-state index in [-0.39, 0.29) is 5.97 Å². The van der Waals surface area contributed by atoms with Crippen molar-refractivity contribution < 1.29 is 14.3 Å². The first-order chi connectivity index (χ1) is 8.19. The first kappa shape index (κ1) is 13.3. The van der Waals surface area contributed by atoms with E-state index < -0.39 is 0 Å². The fourth-order valence-electron chi connectivity index (χ4n) is 1.48. The van der Waals surface area contributed by atoms with Crippen molar-refractivity contribution in [2.45, 2.75) is 20.3 Å². The number of hydrogen-bond acceptors (Lipinski definition) is 3. The van der Waals surface area contributed by atoms with Crippen LogP contribution in [0, 0.1) is 0 Å². The Morgan fingerprint density at radius 1 is 1.24 bits per heavy atom. The Morgan fingerprint density at radius 3 is 2.59 bits per heavy atom. The van der Waals surface area contributed by atoms with Gasteiger partial charge in [-0.25, -0.2) is 4.79 Å². The number of ether oxygens (including phenoxy) is 2. The average Bonchev–Trinajstić information content (AvgIpc) is 2.32. The third-order valence-electron chi connectivity index (χ3n) is 2.24. The molecule has 92 valence electrons. The third kappa shape index (κ3) is 3.94. The lowest BCUT2D eigenvalue weighted by Crippen LogP contribution is -2.09. The Balaban J connectivity index is 2.73. The second-order valence-corrected chi connectivity index (χ2v) is 3.54. The van der Waals surface area contributed by atoms with Crippen LogP contribution in [-0.4, -0.2) is 19.2 Å². The minimum absolute atomic E-state index is 0.348. The molecule has 0 fully saturated rings. The first-order valence-corrected chi connectivity index (χ1v) is 5.74. The minimum atomic E-state index is -0.348. The molecule has 0 spiro atoms. The second-order valence-electron chi connectivity index (χ2n) is 3.54. The Bertz CT molecular complexity index is 396. The Morgan fingerprint density at radius 2 is 1.94 bits per heavy atom. The number of hydrogen-bond donors (Lipinski definition) is 0. The summed E-state index contributed by atoms with van der Waals surface area (Å²) in [6.45, 7) is 8.41. The quantitative estimate of drug-likeness (QED) is 0.561. The summed E-state index contributed by atoms with van der Waals surface area (Å²) in [5.41, 5.74) is 1.39. The van der Waals surface area contributed by atoms with Gasteiger partial charge in [-0.2, -0.15) is 0 Å². The maximum Gasteiger partial charge on any atom is 0.333 e. The van der Waals surface area contributed by atoms with Gasteiger partial charge in [0.15, 0.2) is 0 Å². The molecule has 17 heavy (non-hydrogen) atoms. The van der Waals surface area contributed by atoms with Gasteiger partial charge in [0.25, 0.3) is 0 Å². The molecule has 0 aliphatic rings. The number of carbonyl (C=O) groups is 1. The van der Waals surface area contributed by atoms with E-state index in [1.54, 1.807) is 6.92 Å². The number of carbonyl (C=O) groups excluding carboxylic acids is 1. The van der Waals surface area contributed by atoms with Crippen molar-refractivity contribution in [3.8, 4) is 5.75 Å². The average molecular weight is 234 g/mol. The first-order valence-electron chi connectivity index (χ1n) is 5.74. The Hall–Kier alpha value is -1.77. The van der Waals surface area contributed by atoms with Crippen LogP contribution in [0.5, 0.6) is 5.75 Å². The fourth-order valence-corrected chi connectivity index (χ4v) is 1.48. The highest BCUT2D eigenvalue weighted by Gasteiger charge is 2.11. The van der Waals surface area contributed by atoms with Crippen LogP contribution in [0.25, 0.3) is 0 Å². The van der Waals surface area contributed by atoms with Crippen LogP contribution in [0.1, 0.15) is 19.4 Å². The topological polar surface area (TPSA) is 35.5 Å². The van der Waals surface area contributed by atoms with E-state index in [9.17, 15) is 4.79 Å². The monoisotopic (exact) mass is 234 g/mol. The van der Waals surface area contributed by atoms with E-state index in [4.69, 9.17) is 9.47 Å². The van der Waals surface area contributed by atoms with Crippen LogP contribution in [-0.2, 0) is 16.0 Å². The predicted octanol–water partition coefficient (Wildman–Crippen LogP) is 2.75. The molecular formula is C14H18O3. The smallest absolute Gasteiger partial charge is 0.333 e. The largest absolute Gasteiger partial charge is 0.494 e. The Kier molecular flexibility index (Phi) is 5.27. The van der Waals surface area contributed by atoms with Crippen LogP contribution < -0.4 is 4.74 Å². The molecule has 0 aliphatic heterocycles. The summed E-state index contributed by atoms with van der Waals surface area (Å²) >= 11 is 0. The number of esters is 1. The van der Waals surface area contributed by atoms with E-state index in [1.807, 2.05) is 31.2 Å². The number of para-hydroxylation sites is 1. The van der Waals surface area contributed by atoms with Gasteiger partial charge in [-0.15, -0.1) is 0 Å². The van der Waals surface area contributed by atoms with Crippen molar-refractivity contribution in [3.05, 3.63) is 42.0 Å². The van der Waals surface area contributed by atoms with Crippen molar-refractivity contribution in [1.29, 1.82) is 0 Å². The van der Waals surface area contributed by atoms with Crippen LogP contribution >= 0.6 is 0 Å². The fraction of sp³-hybridized carbons (Fsp3) is 0.357. The molecule has 0 atom stereocenters. The molecule has 1 aromatic carbocycles. The predicted molar refractivity (Wildman–Crippen MR) is 67.1 cm³/mol. The molecule has 0 unspecified atom stereocenters. The molecule has 1 rings (SSSR count). The summed E-state index contributed by atoms with van der Waals surface area (Å²) in [5, 5.41) is 0. The van der Waals surface area contributed by atoms with Gasteiger partial charge in [0.1, 0.15) is 5.75 Å². The summed E-state index contributed by atoms with van der Waals surface area (Å²) in [7, 11) is 0. The van der Waals surface area contributed by atoms with E-state index in [2.05, 4.69) is 6.58 Å². The maximum atomic E-state index is 11.5. The minimum Gasteiger partial charge on any atom is -0.494 e. The van der Waals surface area contributed by atoms with E-state index in [1.165, 1.54) is 0 Å². The summed E-state index contributed by atoms with van der Waals surface area (Å²) in [5.74, 6) is 0.444. The van der Waals surface area contributed by atoms with Gasteiger partial charge in [-0.1, -0.05) is 24.8 Å². The molecule has 0 saturated heterocycles. The second kappa shape index (κ2) is 6.74. The molecule has 3 nitrogen and oxygen atoms in total. The lowest BCUT2D eigenvalue weighted by molar-refractivity contribution is -0.138. The third-order valence-corrected chi connectivity index (χ3v) is 2.24. The summed E-state index contributed by atoms with van der Waals surface area (Å²) in [6, 6.07) is 7.63. The summed E-state index contributed by atoms with van der Waals surface area (Å²) < 4.78 is 10.4. The normalized spacial score (nSPS) is 9.76. The van der Waals surface area contributed by atoms with Gasteiger partial charge in [-0.3, -0.25) is 0 Å². The molecule has 0 radical (unpaired) electrons. The zero-order valence-electron chi connectivity index (χ0n) is 10.4. The van der Waals surface area contributed by atoms with Gasteiger partial charge >= 0.3 is 5.97 Å². The molecule has 0 bridgehead atoms. The number of rotatable bonds is 6. The highest BCUT2D eigenvalue weighted by atomic mass is 16.5. The van der Waals surface area contributed by atoms with E-state index >= 15 is 0 Å². The highest BCUT2D eigenvalue weighted by molar-refractivity contribution is 5.88. The molecule has 0 heterocycles. The van der Waals surface area contributed by atoms with Crippen molar-refractivity contribution >= 4 is 5.97 Å². The van der Waals surface area contributed by atoms with Gasteiger partial charge in [0.05, 0.1) is 13.2 Å². The van der Waals surface area contributed by atoms with E-state index in [0.717, 1.165) is 11.3 Å². The maximum absolute atomic E-state index is 11.5. The SMILES string of the molecule is C=C(Cc1ccccc1OCC)C(=O)OCC. The van der Waals surface area contributed by atoms with E-state index in [0.29, 0.717) is 25.2 Å². The van der Waals surface area contributed by atoms with Crippen molar-refractivity contribution in [2.24, 2.45) is 0 Å². The van der Waals surface area contributed by atoms with Crippen LogP contribution in [0.2, 0.25) is 0 Å². The van der Waals surface area contributed by atoms with Crippen LogP contribution in [0.3, 0.4) is 0 Å². The number of benzene rings is 1. The lowest BCUT2D eigenvalue weighted by Gasteiger charge is -2.10. The molecule has 0 amide bonds. The molecule has 0 aliphatic carbocycles. The van der Waals surface area contributed by atoms with Crippen molar-refractivity contribution in [2.75, 3.05) is 13.2 Å². The van der Waals surface area contributed by atoms with Crippen LogP contribution in [0.15, 0.2) is 36.4 Å². The van der Waals surface area contributed by atoms with Crippen molar-refractivity contribution in [3.63, 3.8) is 0 Å².